The van der Waals surface area contributed by atoms with Gasteiger partial charge in [-0.1, -0.05) is 49.6 Å². The maximum absolute atomic E-state index is 13.9. The molecule has 0 amide bonds. The molecule has 0 aliphatic carbocycles. The van der Waals surface area contributed by atoms with Gasteiger partial charge in [0.25, 0.3) is 0 Å². The summed E-state index contributed by atoms with van der Waals surface area (Å²) < 4.78 is 83.7. The molecule has 0 aliphatic rings. The van der Waals surface area contributed by atoms with E-state index >= 15 is 0 Å². The van der Waals surface area contributed by atoms with Crippen LogP contribution in [-0.4, -0.2) is 22.6 Å². The van der Waals surface area contributed by atoms with Crippen LogP contribution in [0.3, 0.4) is 0 Å². The number of hydrogen-bond donors (Lipinski definition) is 2. The molecular weight excluding hydrogens is 374 g/mol. The predicted molar refractivity (Wildman–Crippen MR) is 89.3 cm³/mol. The van der Waals surface area contributed by atoms with Crippen molar-refractivity contribution in [3.8, 4) is 11.5 Å². The molecule has 0 atom stereocenters. The Morgan fingerprint density at radius 1 is 0.667 bits per heavy atom. The highest BCUT2D eigenvalue weighted by molar-refractivity contribution is 5.61. The van der Waals surface area contributed by atoms with E-state index in [9.17, 15) is 36.6 Å². The van der Waals surface area contributed by atoms with Crippen LogP contribution < -0.4 is 0 Å². The summed E-state index contributed by atoms with van der Waals surface area (Å²) in [7, 11) is 0. The van der Waals surface area contributed by atoms with Gasteiger partial charge in [-0.15, -0.1) is 0 Å². The van der Waals surface area contributed by atoms with Gasteiger partial charge in [0.15, 0.2) is 0 Å². The lowest BCUT2D eigenvalue weighted by atomic mass is 9.72. The van der Waals surface area contributed by atoms with Crippen molar-refractivity contribution in [2.24, 2.45) is 0 Å². The van der Waals surface area contributed by atoms with Crippen molar-refractivity contribution in [3.63, 3.8) is 0 Å². The molecule has 0 saturated carbocycles. The van der Waals surface area contributed by atoms with Crippen LogP contribution in [-0.2, 0) is 5.41 Å². The SMILES string of the molecule is C=Cc1ccc(C(c2ccc(C=C)c(O)c2)(C(F)(F)F)C(F)(F)F)cc1O. The molecule has 0 aromatic heterocycles. The van der Waals surface area contributed by atoms with Crippen LogP contribution in [0.15, 0.2) is 49.6 Å². The summed E-state index contributed by atoms with van der Waals surface area (Å²) in [5.41, 5.74) is -7.00. The molecule has 2 aromatic carbocycles. The number of phenols is 2. The zero-order valence-electron chi connectivity index (χ0n) is 13.7. The van der Waals surface area contributed by atoms with Crippen LogP contribution in [0.25, 0.3) is 12.2 Å². The summed E-state index contributed by atoms with van der Waals surface area (Å²) in [6.45, 7) is 6.65. The van der Waals surface area contributed by atoms with E-state index in [-0.39, 0.29) is 11.1 Å². The van der Waals surface area contributed by atoms with Crippen LogP contribution in [0.4, 0.5) is 26.3 Å². The smallest absolute Gasteiger partial charge is 0.411 e. The monoisotopic (exact) mass is 388 g/mol. The third-order valence-electron chi connectivity index (χ3n) is 4.22. The topological polar surface area (TPSA) is 40.5 Å². The molecule has 2 nitrogen and oxygen atoms in total. The standard InChI is InChI=1S/C19H14F6O2/c1-3-11-5-7-13(9-15(11)26)17(18(20,21)22,19(23,24)25)14-8-6-12(4-2)16(27)10-14/h3-10,26-27H,1-2H2. The van der Waals surface area contributed by atoms with Gasteiger partial charge in [-0.3, -0.25) is 0 Å². The van der Waals surface area contributed by atoms with Crippen molar-refractivity contribution in [2.45, 2.75) is 17.8 Å². The van der Waals surface area contributed by atoms with Crippen molar-refractivity contribution < 1.29 is 36.6 Å². The number of benzene rings is 2. The number of alkyl halides is 6. The van der Waals surface area contributed by atoms with Crippen LogP contribution >= 0.6 is 0 Å². The fourth-order valence-electron chi connectivity index (χ4n) is 2.88. The number of phenolic OH excluding ortho intramolecular Hbond substituents is 2. The normalized spacial score (nSPS) is 12.7. The first-order valence-electron chi connectivity index (χ1n) is 7.45. The second-order valence-electron chi connectivity index (χ2n) is 5.70. The molecule has 2 aromatic rings. The second kappa shape index (κ2) is 6.68. The van der Waals surface area contributed by atoms with Crippen LogP contribution in [0.1, 0.15) is 22.3 Å². The van der Waals surface area contributed by atoms with Gasteiger partial charge in [-0.05, 0) is 23.3 Å². The lowest BCUT2D eigenvalue weighted by molar-refractivity contribution is -0.288. The van der Waals surface area contributed by atoms with E-state index in [4.69, 9.17) is 0 Å². The van der Waals surface area contributed by atoms with Gasteiger partial charge < -0.3 is 10.2 Å². The van der Waals surface area contributed by atoms with Gasteiger partial charge in [-0.25, -0.2) is 0 Å². The summed E-state index contributed by atoms with van der Waals surface area (Å²) >= 11 is 0. The van der Waals surface area contributed by atoms with Crippen LogP contribution in [0, 0.1) is 0 Å². The molecule has 8 heteroatoms. The third-order valence-corrected chi connectivity index (χ3v) is 4.22. The van der Waals surface area contributed by atoms with Crippen molar-refractivity contribution in [1.82, 2.24) is 0 Å². The lowest BCUT2D eigenvalue weighted by Crippen LogP contribution is -2.54. The van der Waals surface area contributed by atoms with Crippen LogP contribution in [0.2, 0.25) is 0 Å². The first-order chi connectivity index (χ1) is 12.4. The van der Waals surface area contributed by atoms with E-state index in [1.54, 1.807) is 0 Å². The maximum atomic E-state index is 13.9. The minimum absolute atomic E-state index is 0.0261. The summed E-state index contributed by atoms with van der Waals surface area (Å²) in [4.78, 5) is 0. The van der Waals surface area contributed by atoms with E-state index in [0.29, 0.717) is 24.3 Å². The average molecular weight is 388 g/mol. The molecule has 0 spiro atoms. The Bertz CT molecular complexity index is 807. The van der Waals surface area contributed by atoms with E-state index in [2.05, 4.69) is 13.2 Å². The summed E-state index contributed by atoms with van der Waals surface area (Å²) in [5, 5.41) is 19.6. The molecular formula is C19H14F6O2. The number of hydrogen-bond acceptors (Lipinski definition) is 2. The average Bonchev–Trinajstić information content (AvgIpc) is 2.53. The number of aromatic hydroxyl groups is 2. The van der Waals surface area contributed by atoms with E-state index in [0.717, 1.165) is 24.3 Å². The molecule has 0 bridgehead atoms. The van der Waals surface area contributed by atoms with Gasteiger partial charge >= 0.3 is 12.4 Å². The van der Waals surface area contributed by atoms with E-state index < -0.39 is 40.4 Å². The molecule has 0 heterocycles. The van der Waals surface area contributed by atoms with Gasteiger partial charge in [0, 0.05) is 11.1 Å². The van der Waals surface area contributed by atoms with E-state index in [1.165, 1.54) is 0 Å². The van der Waals surface area contributed by atoms with Gasteiger partial charge in [-0.2, -0.15) is 26.3 Å². The Kier molecular flexibility index (Phi) is 5.05. The molecule has 27 heavy (non-hydrogen) atoms. The van der Waals surface area contributed by atoms with Crippen molar-refractivity contribution >= 4 is 12.2 Å². The molecule has 2 rings (SSSR count). The summed E-state index contributed by atoms with van der Waals surface area (Å²) in [6, 6.07) is 3.85. The maximum Gasteiger partial charge on any atom is 0.411 e. The molecule has 0 radical (unpaired) electrons. The fraction of sp³-hybridized carbons (Fsp3) is 0.158. The fourth-order valence-corrected chi connectivity index (χ4v) is 2.88. The molecule has 0 fully saturated rings. The highest BCUT2D eigenvalue weighted by Gasteiger charge is 2.72. The van der Waals surface area contributed by atoms with E-state index in [1.807, 2.05) is 0 Å². The van der Waals surface area contributed by atoms with Gasteiger partial charge in [0.2, 0.25) is 5.41 Å². The Morgan fingerprint density at radius 2 is 1.00 bits per heavy atom. The zero-order chi connectivity index (χ0) is 20.6. The Hall–Kier alpha value is -2.90. The number of rotatable bonds is 4. The summed E-state index contributed by atoms with van der Waals surface area (Å²) in [5.74, 6) is -1.57. The molecule has 2 N–H and O–H groups in total. The predicted octanol–water partition coefficient (Wildman–Crippen LogP) is 5.79. The minimum Gasteiger partial charge on any atom is -0.507 e. The first kappa shape index (κ1) is 20.4. The summed E-state index contributed by atoms with van der Waals surface area (Å²) in [6.07, 6.45) is -9.47. The van der Waals surface area contributed by atoms with Crippen molar-refractivity contribution in [3.05, 3.63) is 71.8 Å². The Balaban J connectivity index is 2.96. The molecule has 0 unspecified atom stereocenters. The second-order valence-corrected chi connectivity index (χ2v) is 5.70. The highest BCUT2D eigenvalue weighted by Crippen LogP contribution is 2.57. The third kappa shape index (κ3) is 3.15. The van der Waals surface area contributed by atoms with Crippen molar-refractivity contribution in [2.75, 3.05) is 0 Å². The van der Waals surface area contributed by atoms with Crippen LogP contribution in [0.5, 0.6) is 11.5 Å². The molecule has 0 saturated heterocycles. The van der Waals surface area contributed by atoms with Gasteiger partial charge in [0.05, 0.1) is 0 Å². The molecule has 0 aliphatic heterocycles. The largest absolute Gasteiger partial charge is 0.507 e. The Morgan fingerprint density at radius 3 is 1.22 bits per heavy atom. The zero-order valence-corrected chi connectivity index (χ0v) is 13.7. The first-order valence-corrected chi connectivity index (χ1v) is 7.45. The Labute approximate surface area is 150 Å². The number of halogens is 6. The lowest BCUT2D eigenvalue weighted by Gasteiger charge is -2.38. The molecule has 144 valence electrons. The van der Waals surface area contributed by atoms with Crippen molar-refractivity contribution in [1.29, 1.82) is 0 Å². The highest BCUT2D eigenvalue weighted by atomic mass is 19.4. The van der Waals surface area contributed by atoms with Gasteiger partial charge in [0.1, 0.15) is 11.5 Å². The quantitative estimate of drug-likeness (QED) is 0.651. The minimum atomic E-state index is -5.82.